The highest BCUT2D eigenvalue weighted by molar-refractivity contribution is 7.10. The molecule has 1 rings (SSSR count). The summed E-state index contributed by atoms with van der Waals surface area (Å²) in [6.07, 6.45) is 0.787. The van der Waals surface area contributed by atoms with Crippen LogP contribution in [0.5, 0.6) is 0 Å². The molecule has 0 aromatic carbocycles. The number of nitrogens with one attached hydrogen (secondary N) is 1. The van der Waals surface area contributed by atoms with Crippen LogP contribution in [0, 0.1) is 0 Å². The first-order chi connectivity index (χ1) is 7.65. The SMILES string of the molecule is CCC(CO)(CO)NC(=O)Cc1cccs1. The van der Waals surface area contributed by atoms with Gasteiger partial charge in [0.25, 0.3) is 0 Å². The van der Waals surface area contributed by atoms with Gasteiger partial charge in [-0.25, -0.2) is 0 Å². The van der Waals surface area contributed by atoms with Gasteiger partial charge in [0, 0.05) is 4.88 Å². The zero-order valence-electron chi connectivity index (χ0n) is 9.27. The number of carbonyl (C=O) groups excluding carboxylic acids is 1. The Bertz CT molecular complexity index is 312. The average Bonchev–Trinajstić information content (AvgIpc) is 2.79. The van der Waals surface area contributed by atoms with Gasteiger partial charge < -0.3 is 15.5 Å². The third-order valence-electron chi connectivity index (χ3n) is 2.60. The topological polar surface area (TPSA) is 69.6 Å². The lowest BCUT2D eigenvalue weighted by atomic mass is 9.98. The van der Waals surface area contributed by atoms with Crippen LogP contribution in [-0.2, 0) is 11.2 Å². The van der Waals surface area contributed by atoms with Gasteiger partial charge in [0.1, 0.15) is 0 Å². The third-order valence-corrected chi connectivity index (χ3v) is 3.48. The second-order valence-corrected chi connectivity index (χ2v) is 4.79. The highest BCUT2D eigenvalue weighted by Crippen LogP contribution is 2.12. The van der Waals surface area contributed by atoms with Gasteiger partial charge in [0.05, 0.1) is 25.2 Å². The molecule has 1 aromatic rings. The van der Waals surface area contributed by atoms with E-state index in [-0.39, 0.29) is 19.1 Å². The van der Waals surface area contributed by atoms with Crippen molar-refractivity contribution in [2.45, 2.75) is 25.3 Å². The molecule has 0 bridgehead atoms. The van der Waals surface area contributed by atoms with Gasteiger partial charge in [-0.1, -0.05) is 13.0 Å². The Balaban J connectivity index is 2.55. The third kappa shape index (κ3) is 3.30. The highest BCUT2D eigenvalue weighted by Gasteiger charge is 2.28. The maximum atomic E-state index is 11.7. The summed E-state index contributed by atoms with van der Waals surface area (Å²) in [5.74, 6) is -0.174. The van der Waals surface area contributed by atoms with Crippen LogP contribution in [0.2, 0.25) is 0 Å². The predicted molar refractivity (Wildman–Crippen MR) is 63.4 cm³/mol. The van der Waals surface area contributed by atoms with E-state index in [0.29, 0.717) is 12.8 Å². The van der Waals surface area contributed by atoms with Crippen molar-refractivity contribution in [3.8, 4) is 0 Å². The van der Waals surface area contributed by atoms with E-state index in [1.165, 1.54) is 11.3 Å². The molecule has 1 amide bonds. The van der Waals surface area contributed by atoms with Crippen LogP contribution in [0.3, 0.4) is 0 Å². The zero-order valence-corrected chi connectivity index (χ0v) is 10.1. The molecule has 0 fully saturated rings. The van der Waals surface area contributed by atoms with Crippen LogP contribution in [0.1, 0.15) is 18.2 Å². The van der Waals surface area contributed by atoms with E-state index in [0.717, 1.165) is 4.88 Å². The lowest BCUT2D eigenvalue weighted by Gasteiger charge is -2.29. The monoisotopic (exact) mass is 243 g/mol. The molecule has 1 heterocycles. The summed E-state index contributed by atoms with van der Waals surface area (Å²) in [5, 5.41) is 23.0. The molecule has 4 nitrogen and oxygen atoms in total. The number of thiophene rings is 1. The highest BCUT2D eigenvalue weighted by atomic mass is 32.1. The number of rotatable bonds is 6. The van der Waals surface area contributed by atoms with E-state index < -0.39 is 5.54 Å². The number of aliphatic hydroxyl groups excluding tert-OH is 2. The van der Waals surface area contributed by atoms with Crippen molar-refractivity contribution in [2.24, 2.45) is 0 Å². The fourth-order valence-corrected chi connectivity index (χ4v) is 2.06. The molecule has 0 aliphatic rings. The van der Waals surface area contributed by atoms with Gasteiger partial charge in [0.15, 0.2) is 0 Å². The largest absolute Gasteiger partial charge is 0.394 e. The molecule has 0 unspecified atom stereocenters. The van der Waals surface area contributed by atoms with Gasteiger partial charge in [0.2, 0.25) is 5.91 Å². The van der Waals surface area contributed by atoms with Crippen molar-refractivity contribution in [1.82, 2.24) is 5.32 Å². The maximum Gasteiger partial charge on any atom is 0.225 e. The molecule has 0 radical (unpaired) electrons. The summed E-state index contributed by atoms with van der Waals surface area (Å²) < 4.78 is 0. The second-order valence-electron chi connectivity index (χ2n) is 3.75. The minimum atomic E-state index is -0.895. The first-order valence-corrected chi connectivity index (χ1v) is 6.09. The Morgan fingerprint density at radius 1 is 1.50 bits per heavy atom. The van der Waals surface area contributed by atoms with E-state index in [4.69, 9.17) is 0 Å². The summed E-state index contributed by atoms with van der Waals surface area (Å²) in [7, 11) is 0. The van der Waals surface area contributed by atoms with Crippen LogP contribution in [0.4, 0.5) is 0 Å². The average molecular weight is 243 g/mol. The second kappa shape index (κ2) is 5.98. The van der Waals surface area contributed by atoms with Gasteiger partial charge >= 0.3 is 0 Å². The summed E-state index contributed by atoms with van der Waals surface area (Å²) in [5.41, 5.74) is -0.895. The normalized spacial score (nSPS) is 11.4. The molecule has 5 heteroatoms. The van der Waals surface area contributed by atoms with Crippen LogP contribution in [-0.4, -0.2) is 34.9 Å². The van der Waals surface area contributed by atoms with Crippen LogP contribution >= 0.6 is 11.3 Å². The van der Waals surface area contributed by atoms with Crippen molar-refractivity contribution in [3.05, 3.63) is 22.4 Å². The number of amides is 1. The predicted octanol–water partition coefficient (Wildman–Crippen LogP) is 0.540. The number of aliphatic hydroxyl groups is 2. The molecule has 0 saturated heterocycles. The Hall–Kier alpha value is -0.910. The Kier molecular flexibility index (Phi) is 4.92. The van der Waals surface area contributed by atoms with E-state index in [2.05, 4.69) is 5.32 Å². The molecule has 1 aromatic heterocycles. The Labute approximate surface area is 98.9 Å². The molecule has 0 aliphatic heterocycles. The van der Waals surface area contributed by atoms with Crippen molar-refractivity contribution in [3.63, 3.8) is 0 Å². The van der Waals surface area contributed by atoms with Gasteiger partial charge in [-0.3, -0.25) is 4.79 Å². The number of carbonyl (C=O) groups is 1. The van der Waals surface area contributed by atoms with Gasteiger partial charge in [-0.15, -0.1) is 11.3 Å². The van der Waals surface area contributed by atoms with Crippen LogP contribution in [0.25, 0.3) is 0 Å². The van der Waals surface area contributed by atoms with Crippen molar-refractivity contribution in [1.29, 1.82) is 0 Å². The molecule has 0 spiro atoms. The lowest BCUT2D eigenvalue weighted by molar-refractivity contribution is -0.123. The molecular weight excluding hydrogens is 226 g/mol. The number of hydrogen-bond acceptors (Lipinski definition) is 4. The summed E-state index contributed by atoms with van der Waals surface area (Å²) in [6, 6.07) is 3.77. The fourth-order valence-electron chi connectivity index (χ4n) is 1.35. The molecule has 90 valence electrons. The molecule has 0 atom stereocenters. The molecule has 0 saturated carbocycles. The van der Waals surface area contributed by atoms with E-state index >= 15 is 0 Å². The van der Waals surface area contributed by atoms with E-state index in [9.17, 15) is 15.0 Å². The van der Waals surface area contributed by atoms with Gasteiger partial charge in [-0.05, 0) is 17.9 Å². The van der Waals surface area contributed by atoms with Crippen LogP contribution < -0.4 is 5.32 Å². The quantitative estimate of drug-likeness (QED) is 0.683. The Morgan fingerprint density at radius 2 is 2.19 bits per heavy atom. The molecule has 16 heavy (non-hydrogen) atoms. The first-order valence-electron chi connectivity index (χ1n) is 5.21. The molecule has 0 aliphatic carbocycles. The van der Waals surface area contributed by atoms with E-state index in [1.807, 2.05) is 24.4 Å². The summed E-state index contributed by atoms with van der Waals surface area (Å²) >= 11 is 1.51. The van der Waals surface area contributed by atoms with E-state index in [1.54, 1.807) is 0 Å². The van der Waals surface area contributed by atoms with Crippen molar-refractivity contribution in [2.75, 3.05) is 13.2 Å². The maximum absolute atomic E-state index is 11.7. The zero-order chi connectivity index (χ0) is 12.0. The molecular formula is C11H17NO3S. The number of hydrogen-bond donors (Lipinski definition) is 3. The van der Waals surface area contributed by atoms with Crippen LogP contribution in [0.15, 0.2) is 17.5 Å². The van der Waals surface area contributed by atoms with Crippen molar-refractivity contribution >= 4 is 17.2 Å². The molecule has 3 N–H and O–H groups in total. The van der Waals surface area contributed by atoms with Gasteiger partial charge in [-0.2, -0.15) is 0 Å². The Morgan fingerprint density at radius 3 is 2.62 bits per heavy atom. The first kappa shape index (κ1) is 13.2. The minimum absolute atomic E-state index is 0.174. The van der Waals surface area contributed by atoms with Crippen molar-refractivity contribution < 1.29 is 15.0 Å². The standard InChI is InChI=1S/C11H17NO3S/c1-2-11(7-13,8-14)12-10(15)6-9-4-3-5-16-9/h3-5,13-14H,2,6-8H2,1H3,(H,12,15). The summed E-state index contributed by atoms with van der Waals surface area (Å²) in [6.45, 7) is 1.31. The smallest absolute Gasteiger partial charge is 0.225 e. The minimum Gasteiger partial charge on any atom is -0.394 e. The lowest BCUT2D eigenvalue weighted by Crippen LogP contribution is -2.54. The summed E-state index contributed by atoms with van der Waals surface area (Å²) in [4.78, 5) is 12.6. The fraction of sp³-hybridized carbons (Fsp3) is 0.545.